The second-order valence-electron chi connectivity index (χ2n) is 3.25. The van der Waals surface area contributed by atoms with Crippen LogP contribution in [0.1, 0.15) is 29.8 Å². The monoisotopic (exact) mass is 240 g/mol. The molecule has 0 bridgehead atoms. The summed E-state index contributed by atoms with van der Waals surface area (Å²) in [6.07, 6.45) is 0.754. The van der Waals surface area contributed by atoms with Crippen molar-refractivity contribution in [1.82, 2.24) is 0 Å². The zero-order chi connectivity index (χ0) is 12.1. The average Bonchev–Trinajstić information content (AvgIpc) is 2.27. The minimum atomic E-state index is -0.841. The van der Waals surface area contributed by atoms with Crippen molar-refractivity contribution >= 4 is 23.4 Å². The Morgan fingerprint density at radius 1 is 1.25 bits per heavy atom. The van der Waals surface area contributed by atoms with Gasteiger partial charge in [0.25, 0.3) is 5.78 Å². The smallest absolute Gasteiger partial charge is 0.379 e. The maximum Gasteiger partial charge on any atom is 0.379 e. The number of rotatable bonds is 4. The zero-order valence-corrected chi connectivity index (χ0v) is 10.0. The molecule has 0 saturated carbocycles. The fourth-order valence-corrected chi connectivity index (χ4v) is 1.56. The summed E-state index contributed by atoms with van der Waals surface area (Å²) in [6, 6.07) is 4.90. The third-order valence-electron chi connectivity index (χ3n) is 2.09. The molecule has 3 nitrogen and oxygen atoms in total. The fourth-order valence-electron chi connectivity index (χ4n) is 1.30. The summed E-state index contributed by atoms with van der Waals surface area (Å²) in [5.74, 6) is -1.49. The van der Waals surface area contributed by atoms with Crippen LogP contribution < -0.4 is 0 Å². The Morgan fingerprint density at radius 2 is 1.94 bits per heavy atom. The number of carbonyl (C=O) groups excluding carboxylic acids is 2. The van der Waals surface area contributed by atoms with Crippen molar-refractivity contribution in [3.63, 3.8) is 0 Å². The quantitative estimate of drug-likeness (QED) is 0.462. The maximum atomic E-state index is 11.6. The average molecular weight is 241 g/mol. The van der Waals surface area contributed by atoms with E-state index in [4.69, 9.17) is 11.6 Å². The Bertz CT molecular complexity index is 413. The van der Waals surface area contributed by atoms with Crippen LogP contribution in [0.25, 0.3) is 0 Å². The predicted molar refractivity (Wildman–Crippen MR) is 61.8 cm³/mol. The van der Waals surface area contributed by atoms with Gasteiger partial charge in [-0.15, -0.1) is 0 Å². The van der Waals surface area contributed by atoms with E-state index in [0.29, 0.717) is 5.02 Å². The minimum Gasteiger partial charge on any atom is -0.460 e. The van der Waals surface area contributed by atoms with Gasteiger partial charge in [0.2, 0.25) is 0 Å². The third-order valence-corrected chi connectivity index (χ3v) is 2.31. The highest BCUT2D eigenvalue weighted by molar-refractivity contribution is 6.41. The number of ketones is 1. The summed E-state index contributed by atoms with van der Waals surface area (Å²) < 4.78 is 4.64. The molecule has 16 heavy (non-hydrogen) atoms. The van der Waals surface area contributed by atoms with Crippen LogP contribution in [0.15, 0.2) is 18.2 Å². The van der Waals surface area contributed by atoms with E-state index >= 15 is 0 Å². The molecule has 0 amide bonds. The van der Waals surface area contributed by atoms with Crippen LogP contribution >= 0.6 is 11.6 Å². The van der Waals surface area contributed by atoms with Crippen molar-refractivity contribution < 1.29 is 14.3 Å². The molecule has 4 heteroatoms. The molecule has 86 valence electrons. The molecule has 1 rings (SSSR count). The SMILES string of the molecule is CCOC(=O)C(=O)c1cc(Cl)cc(CC)c1. The van der Waals surface area contributed by atoms with Crippen LogP contribution in [0.3, 0.4) is 0 Å². The molecule has 0 spiro atoms. The molecular formula is C12H13ClO3. The highest BCUT2D eigenvalue weighted by Crippen LogP contribution is 2.16. The number of carbonyl (C=O) groups is 2. The van der Waals surface area contributed by atoms with Crippen LogP contribution in [-0.4, -0.2) is 18.4 Å². The van der Waals surface area contributed by atoms with E-state index in [2.05, 4.69) is 4.74 Å². The third kappa shape index (κ3) is 3.07. The van der Waals surface area contributed by atoms with Crippen molar-refractivity contribution in [2.75, 3.05) is 6.61 Å². The van der Waals surface area contributed by atoms with Crippen LogP contribution in [0.2, 0.25) is 5.02 Å². The number of aryl methyl sites for hydroxylation is 1. The molecule has 1 aromatic rings. The van der Waals surface area contributed by atoms with Crippen molar-refractivity contribution in [1.29, 1.82) is 0 Å². The van der Waals surface area contributed by atoms with E-state index in [-0.39, 0.29) is 12.2 Å². The molecule has 0 N–H and O–H groups in total. The molecular weight excluding hydrogens is 228 g/mol. The number of benzene rings is 1. The van der Waals surface area contributed by atoms with Crippen molar-refractivity contribution in [2.45, 2.75) is 20.3 Å². The Labute approximate surface area is 99.4 Å². The lowest BCUT2D eigenvalue weighted by Crippen LogP contribution is -2.17. The summed E-state index contributed by atoms with van der Waals surface area (Å²) in [4.78, 5) is 22.9. The molecule has 0 heterocycles. The number of Topliss-reactive ketones (excluding diaryl/α,β-unsaturated/α-hetero) is 1. The van der Waals surface area contributed by atoms with Gasteiger partial charge in [0.1, 0.15) is 0 Å². The zero-order valence-electron chi connectivity index (χ0n) is 9.25. The summed E-state index contributed by atoms with van der Waals surface area (Å²) >= 11 is 5.85. The molecule has 0 aliphatic carbocycles. The van der Waals surface area contributed by atoms with Crippen LogP contribution in [-0.2, 0) is 16.0 Å². The van der Waals surface area contributed by atoms with Gasteiger partial charge in [0, 0.05) is 10.6 Å². The molecule has 1 aromatic carbocycles. The predicted octanol–water partition coefficient (Wildman–Crippen LogP) is 2.65. The first kappa shape index (κ1) is 12.7. The number of halogens is 1. The van der Waals surface area contributed by atoms with E-state index in [1.165, 1.54) is 6.07 Å². The Balaban J connectivity index is 2.99. The minimum absolute atomic E-state index is 0.186. The van der Waals surface area contributed by atoms with Crippen molar-refractivity contribution in [3.05, 3.63) is 34.3 Å². The lowest BCUT2D eigenvalue weighted by Gasteiger charge is -2.04. The van der Waals surface area contributed by atoms with E-state index < -0.39 is 11.8 Å². The standard InChI is InChI=1S/C12H13ClO3/c1-3-8-5-9(7-10(13)6-8)11(14)12(15)16-4-2/h5-7H,3-4H2,1-2H3. The molecule has 0 unspecified atom stereocenters. The maximum absolute atomic E-state index is 11.6. The Hall–Kier alpha value is -1.35. The molecule has 0 saturated heterocycles. The van der Waals surface area contributed by atoms with Gasteiger partial charge in [-0.05, 0) is 37.1 Å². The lowest BCUT2D eigenvalue weighted by molar-refractivity contribution is -0.137. The summed E-state index contributed by atoms with van der Waals surface area (Å²) in [5.41, 5.74) is 1.20. The van der Waals surface area contributed by atoms with Gasteiger partial charge >= 0.3 is 5.97 Å². The second kappa shape index (κ2) is 5.66. The second-order valence-corrected chi connectivity index (χ2v) is 3.69. The number of hydrogen-bond donors (Lipinski definition) is 0. The van der Waals surface area contributed by atoms with Gasteiger partial charge in [-0.3, -0.25) is 4.79 Å². The van der Waals surface area contributed by atoms with E-state index in [0.717, 1.165) is 12.0 Å². The van der Waals surface area contributed by atoms with Crippen LogP contribution in [0.4, 0.5) is 0 Å². The number of esters is 1. The molecule has 0 atom stereocenters. The largest absolute Gasteiger partial charge is 0.460 e. The van der Waals surface area contributed by atoms with Gasteiger partial charge < -0.3 is 4.74 Å². The Kier molecular flexibility index (Phi) is 4.50. The first-order valence-electron chi connectivity index (χ1n) is 5.09. The topological polar surface area (TPSA) is 43.4 Å². The highest BCUT2D eigenvalue weighted by Gasteiger charge is 2.18. The van der Waals surface area contributed by atoms with Gasteiger partial charge in [-0.1, -0.05) is 18.5 Å². The first-order chi connectivity index (χ1) is 7.58. The molecule has 0 fully saturated rings. The van der Waals surface area contributed by atoms with Gasteiger partial charge in [0.05, 0.1) is 6.61 Å². The molecule has 0 aliphatic heterocycles. The van der Waals surface area contributed by atoms with E-state index in [9.17, 15) is 9.59 Å². The fraction of sp³-hybridized carbons (Fsp3) is 0.333. The first-order valence-corrected chi connectivity index (χ1v) is 5.47. The van der Waals surface area contributed by atoms with Crippen molar-refractivity contribution in [2.24, 2.45) is 0 Å². The van der Waals surface area contributed by atoms with Gasteiger partial charge in [-0.2, -0.15) is 0 Å². The van der Waals surface area contributed by atoms with Crippen molar-refractivity contribution in [3.8, 4) is 0 Å². The highest BCUT2D eigenvalue weighted by atomic mass is 35.5. The molecule has 0 aromatic heterocycles. The van der Waals surface area contributed by atoms with Crippen LogP contribution in [0.5, 0.6) is 0 Å². The lowest BCUT2D eigenvalue weighted by atomic mass is 10.1. The normalized spacial score (nSPS) is 9.94. The van der Waals surface area contributed by atoms with Gasteiger partial charge in [0.15, 0.2) is 0 Å². The summed E-state index contributed by atoms with van der Waals surface area (Å²) in [7, 11) is 0. The van der Waals surface area contributed by atoms with E-state index in [1.807, 2.05) is 6.92 Å². The summed E-state index contributed by atoms with van der Waals surface area (Å²) in [5, 5.41) is 0.451. The van der Waals surface area contributed by atoms with E-state index in [1.54, 1.807) is 19.1 Å². The number of hydrogen-bond acceptors (Lipinski definition) is 3. The molecule has 0 radical (unpaired) electrons. The Morgan fingerprint density at radius 3 is 2.50 bits per heavy atom. The molecule has 0 aliphatic rings. The van der Waals surface area contributed by atoms with Crippen LogP contribution in [0, 0.1) is 0 Å². The summed E-state index contributed by atoms with van der Waals surface area (Å²) in [6.45, 7) is 3.79. The number of ether oxygens (including phenoxy) is 1. The van der Waals surface area contributed by atoms with Gasteiger partial charge in [-0.25, -0.2) is 4.79 Å².